The van der Waals surface area contributed by atoms with Crippen LogP contribution in [0.3, 0.4) is 0 Å². The van der Waals surface area contributed by atoms with Crippen molar-refractivity contribution in [1.82, 2.24) is 9.55 Å². The van der Waals surface area contributed by atoms with E-state index < -0.39 is 37.4 Å². The molecule has 1 aliphatic heterocycles. The van der Waals surface area contributed by atoms with Gasteiger partial charge in [0, 0.05) is 12.3 Å². The number of nitrogens with one attached hydrogen (secondary N) is 1. The zero-order chi connectivity index (χ0) is 14.0. The molecule has 2 rings (SSSR count). The maximum absolute atomic E-state index is 11.4. The number of nitrogens with zero attached hydrogens (tertiary/aromatic N) is 1. The van der Waals surface area contributed by atoms with Gasteiger partial charge < -0.3 is 19.3 Å². The maximum Gasteiger partial charge on any atom is 0.330 e. The Bertz CT molecular complexity index is 603. The third kappa shape index (κ3) is 4.12. The van der Waals surface area contributed by atoms with Crippen molar-refractivity contribution in [3.8, 4) is 0 Å². The topological polar surface area (TPSA) is 131 Å². The summed E-state index contributed by atoms with van der Waals surface area (Å²) < 4.78 is 22.4. The Morgan fingerprint density at radius 1 is 1.47 bits per heavy atom. The van der Waals surface area contributed by atoms with Crippen LogP contribution in [-0.4, -0.2) is 44.5 Å². The molecule has 0 aromatic carbocycles. The molecule has 0 aliphatic carbocycles. The molecule has 9 nitrogen and oxygen atoms in total. The molecule has 1 aromatic heterocycles. The van der Waals surface area contributed by atoms with Gasteiger partial charge in [0.1, 0.15) is 12.3 Å². The van der Waals surface area contributed by atoms with Crippen LogP contribution < -0.4 is 11.2 Å². The third-order valence-corrected chi connectivity index (χ3v) is 3.27. The minimum absolute atomic E-state index is 0.121. The van der Waals surface area contributed by atoms with Crippen molar-refractivity contribution < 1.29 is 23.8 Å². The molecule has 0 spiro atoms. The number of aromatic nitrogens is 2. The average Bonchev–Trinajstić information content (AvgIpc) is 2.67. The number of aromatic amines is 1. The van der Waals surface area contributed by atoms with Crippen LogP contribution in [-0.2, 0) is 20.6 Å². The van der Waals surface area contributed by atoms with Crippen molar-refractivity contribution in [1.29, 1.82) is 0 Å². The second kappa shape index (κ2) is 5.40. The fraction of sp³-hybridized carbons (Fsp3) is 0.556. The van der Waals surface area contributed by atoms with E-state index in [1.807, 2.05) is 0 Å². The van der Waals surface area contributed by atoms with Gasteiger partial charge in [0.15, 0.2) is 6.29 Å². The summed E-state index contributed by atoms with van der Waals surface area (Å²) in [5.74, 6) is 0. The molecule has 0 radical (unpaired) electrons. The Labute approximate surface area is 107 Å². The molecule has 106 valence electrons. The second-order valence-corrected chi connectivity index (χ2v) is 5.83. The highest BCUT2D eigenvalue weighted by Crippen LogP contribution is 2.37. The van der Waals surface area contributed by atoms with Crippen LogP contribution in [0.1, 0.15) is 0 Å². The first kappa shape index (κ1) is 14.2. The summed E-state index contributed by atoms with van der Waals surface area (Å²) in [7, 11) is -4.21. The number of rotatable bonds is 4. The summed E-state index contributed by atoms with van der Waals surface area (Å²) in [6.45, 7) is 0.253. The van der Waals surface area contributed by atoms with Crippen molar-refractivity contribution >= 4 is 7.60 Å². The monoisotopic (exact) mass is 292 g/mol. The van der Waals surface area contributed by atoms with E-state index in [4.69, 9.17) is 19.3 Å². The number of hydrogen-bond acceptors (Lipinski definition) is 5. The van der Waals surface area contributed by atoms with Crippen molar-refractivity contribution in [3.63, 3.8) is 0 Å². The predicted octanol–water partition coefficient (Wildman–Crippen LogP) is -1.54. The lowest BCUT2D eigenvalue weighted by molar-refractivity contribution is -0.0445. The zero-order valence-corrected chi connectivity index (χ0v) is 10.7. The van der Waals surface area contributed by atoms with Gasteiger partial charge in [-0.3, -0.25) is 18.9 Å². The first-order valence-electron chi connectivity index (χ1n) is 5.45. The molecule has 2 atom stereocenters. The zero-order valence-electron chi connectivity index (χ0n) is 9.76. The molecule has 19 heavy (non-hydrogen) atoms. The van der Waals surface area contributed by atoms with E-state index in [2.05, 4.69) is 4.98 Å². The lowest BCUT2D eigenvalue weighted by Gasteiger charge is -2.12. The van der Waals surface area contributed by atoms with Crippen molar-refractivity contribution in [2.24, 2.45) is 0 Å². The van der Waals surface area contributed by atoms with Crippen LogP contribution in [0.15, 0.2) is 21.9 Å². The molecule has 1 saturated heterocycles. The molecular formula is C9H13N2O7P. The molecule has 10 heteroatoms. The quantitative estimate of drug-likeness (QED) is 0.573. The molecule has 1 aliphatic rings. The largest absolute Gasteiger partial charge is 0.349 e. The second-order valence-electron chi connectivity index (χ2n) is 4.13. The van der Waals surface area contributed by atoms with Crippen molar-refractivity contribution in [2.75, 3.05) is 12.8 Å². The summed E-state index contributed by atoms with van der Waals surface area (Å²) in [5, 5.41) is 0. The van der Waals surface area contributed by atoms with Crippen LogP contribution in [0, 0.1) is 0 Å². The fourth-order valence-electron chi connectivity index (χ4n) is 1.70. The Hall–Kier alpha value is -1.25. The molecular weight excluding hydrogens is 279 g/mol. The highest BCUT2D eigenvalue weighted by molar-refractivity contribution is 7.51. The molecule has 3 N–H and O–H groups in total. The van der Waals surface area contributed by atoms with Gasteiger partial charge in [-0.1, -0.05) is 0 Å². The summed E-state index contributed by atoms with van der Waals surface area (Å²) >= 11 is 0. The van der Waals surface area contributed by atoms with E-state index in [9.17, 15) is 14.2 Å². The standard InChI is InChI=1S/C9H13N2O7P/c12-7-1-2-11(9(13)10-7)3-6-4-17-8(18-6)5-19(14,15)16/h1-2,6,8H,3-5H2,(H,10,12,13)(H2,14,15,16)/t6-,8+/m0/s1. The summed E-state index contributed by atoms with van der Waals surface area (Å²) in [6, 6.07) is 1.20. The SMILES string of the molecule is O=c1ccn(C[C@H]2CO[C@@H](CP(=O)(O)O)O2)c(=O)[nH]1. The van der Waals surface area contributed by atoms with E-state index in [0.29, 0.717) is 0 Å². The lowest BCUT2D eigenvalue weighted by atomic mass is 10.4. The fourth-order valence-corrected chi connectivity index (χ4v) is 2.28. The summed E-state index contributed by atoms with van der Waals surface area (Å²) in [5.41, 5.74) is -1.07. The first-order chi connectivity index (χ1) is 8.83. The van der Waals surface area contributed by atoms with E-state index in [1.54, 1.807) is 0 Å². The van der Waals surface area contributed by atoms with Gasteiger partial charge in [0.2, 0.25) is 0 Å². The lowest BCUT2D eigenvalue weighted by Crippen LogP contribution is -2.33. The first-order valence-corrected chi connectivity index (χ1v) is 7.25. The number of H-pyrrole nitrogens is 1. The third-order valence-electron chi connectivity index (χ3n) is 2.50. The Morgan fingerprint density at radius 2 is 2.21 bits per heavy atom. The van der Waals surface area contributed by atoms with E-state index in [1.165, 1.54) is 16.8 Å². The molecule has 1 fully saturated rings. The molecule has 0 saturated carbocycles. The van der Waals surface area contributed by atoms with Crippen LogP contribution in [0.25, 0.3) is 0 Å². The van der Waals surface area contributed by atoms with Gasteiger partial charge in [-0.25, -0.2) is 4.79 Å². The van der Waals surface area contributed by atoms with Crippen molar-refractivity contribution in [2.45, 2.75) is 18.9 Å². The Kier molecular flexibility index (Phi) is 4.02. The van der Waals surface area contributed by atoms with Crippen molar-refractivity contribution in [3.05, 3.63) is 33.1 Å². The van der Waals surface area contributed by atoms with E-state index in [-0.39, 0.29) is 13.2 Å². The van der Waals surface area contributed by atoms with Gasteiger partial charge >= 0.3 is 13.3 Å². The number of ether oxygens (including phenoxy) is 2. The van der Waals surface area contributed by atoms with Gasteiger partial charge in [0.05, 0.1) is 13.2 Å². The van der Waals surface area contributed by atoms with E-state index >= 15 is 0 Å². The minimum atomic E-state index is -4.21. The molecule has 0 amide bonds. The van der Waals surface area contributed by atoms with Gasteiger partial charge in [0.25, 0.3) is 5.56 Å². The van der Waals surface area contributed by atoms with Crippen LogP contribution in [0.5, 0.6) is 0 Å². The highest BCUT2D eigenvalue weighted by Gasteiger charge is 2.31. The molecule has 1 aromatic rings. The molecule has 0 bridgehead atoms. The van der Waals surface area contributed by atoms with Crippen LogP contribution >= 0.6 is 7.60 Å². The minimum Gasteiger partial charge on any atom is -0.349 e. The predicted molar refractivity (Wildman–Crippen MR) is 62.8 cm³/mol. The number of hydrogen-bond donors (Lipinski definition) is 3. The average molecular weight is 292 g/mol. The highest BCUT2D eigenvalue weighted by atomic mass is 31.2. The normalized spacial score (nSPS) is 23.7. The molecule has 2 heterocycles. The smallest absolute Gasteiger partial charge is 0.330 e. The Morgan fingerprint density at radius 3 is 2.84 bits per heavy atom. The van der Waals surface area contributed by atoms with Crippen LogP contribution in [0.2, 0.25) is 0 Å². The Balaban J connectivity index is 1.97. The molecule has 0 unspecified atom stereocenters. The van der Waals surface area contributed by atoms with Gasteiger partial charge in [-0.15, -0.1) is 0 Å². The van der Waals surface area contributed by atoms with Gasteiger partial charge in [-0.05, 0) is 0 Å². The van der Waals surface area contributed by atoms with Crippen LogP contribution in [0.4, 0.5) is 0 Å². The maximum atomic E-state index is 11.4. The summed E-state index contributed by atoms with van der Waals surface area (Å²) in [4.78, 5) is 42.0. The summed E-state index contributed by atoms with van der Waals surface area (Å²) in [6.07, 6.45) is -0.686. The van der Waals surface area contributed by atoms with E-state index in [0.717, 1.165) is 0 Å². The van der Waals surface area contributed by atoms with Gasteiger partial charge in [-0.2, -0.15) is 0 Å².